The molecule has 0 radical (unpaired) electrons. The fraction of sp³-hybridized carbons (Fsp3) is 0.167. The molecule has 2 aromatic rings. The molecule has 1 heterocycles. The van der Waals surface area contributed by atoms with Gasteiger partial charge in [0.2, 0.25) is 0 Å². The van der Waals surface area contributed by atoms with Gasteiger partial charge in [0.25, 0.3) is 5.69 Å². The molecule has 8 heteroatoms. The molecule has 0 spiro atoms. The van der Waals surface area contributed by atoms with Gasteiger partial charge in [0.1, 0.15) is 5.69 Å². The van der Waals surface area contributed by atoms with Gasteiger partial charge in [-0.25, -0.2) is 0 Å². The Morgan fingerprint density at radius 2 is 1.95 bits per heavy atom. The molecule has 0 aliphatic carbocycles. The van der Waals surface area contributed by atoms with Gasteiger partial charge in [0.05, 0.1) is 9.85 Å². The average molecular weight is 293 g/mol. The van der Waals surface area contributed by atoms with Crippen molar-refractivity contribution in [2.24, 2.45) is 0 Å². The van der Waals surface area contributed by atoms with Crippen LogP contribution in [0.25, 0.3) is 0 Å². The van der Waals surface area contributed by atoms with Gasteiger partial charge in [-0.1, -0.05) is 17.4 Å². The van der Waals surface area contributed by atoms with E-state index in [4.69, 9.17) is 0 Å². The molecule has 0 unspecified atom stereocenters. The van der Waals surface area contributed by atoms with Crippen LogP contribution in [-0.4, -0.2) is 9.85 Å². The van der Waals surface area contributed by atoms with E-state index in [2.05, 4.69) is 5.32 Å². The van der Waals surface area contributed by atoms with Gasteiger partial charge in [0, 0.05) is 24.1 Å². The summed E-state index contributed by atoms with van der Waals surface area (Å²) >= 11 is 1.03. The van der Waals surface area contributed by atoms with E-state index >= 15 is 0 Å². The van der Waals surface area contributed by atoms with Crippen LogP contribution in [0.2, 0.25) is 0 Å². The summed E-state index contributed by atoms with van der Waals surface area (Å²) in [6, 6.07) is 6.24. The fourth-order valence-electron chi connectivity index (χ4n) is 1.70. The maximum absolute atomic E-state index is 10.9. The van der Waals surface area contributed by atoms with Crippen LogP contribution in [-0.2, 0) is 6.54 Å². The highest BCUT2D eigenvalue weighted by Gasteiger charge is 2.14. The zero-order valence-corrected chi connectivity index (χ0v) is 11.3. The molecule has 1 aromatic carbocycles. The Morgan fingerprint density at radius 1 is 1.20 bits per heavy atom. The number of benzene rings is 1. The Kier molecular flexibility index (Phi) is 3.94. The van der Waals surface area contributed by atoms with Crippen LogP contribution >= 0.6 is 11.3 Å². The van der Waals surface area contributed by atoms with Crippen molar-refractivity contribution in [1.29, 1.82) is 0 Å². The molecule has 0 atom stereocenters. The summed E-state index contributed by atoms with van der Waals surface area (Å²) in [5.41, 5.74) is 2.01. The molecule has 104 valence electrons. The number of rotatable bonds is 5. The lowest BCUT2D eigenvalue weighted by molar-refractivity contribution is -0.384. The number of hydrogen-bond acceptors (Lipinski definition) is 6. The molecular formula is C12H11N3O4S. The molecular weight excluding hydrogens is 282 g/mol. The number of nitro benzene ring substituents is 1. The van der Waals surface area contributed by atoms with E-state index in [0.717, 1.165) is 22.5 Å². The second kappa shape index (κ2) is 5.66. The monoisotopic (exact) mass is 293 g/mol. The number of hydrogen-bond donors (Lipinski definition) is 1. The molecule has 0 fully saturated rings. The van der Waals surface area contributed by atoms with Gasteiger partial charge in [-0.2, -0.15) is 0 Å². The standard InChI is InChI=1S/C12H11N3O4S/c1-8-2-3-11(14(16)17)10(4-8)13-6-9-5-12(15(18)19)20-7-9/h2-5,7,13H,6H2,1H3. The zero-order valence-electron chi connectivity index (χ0n) is 10.5. The van der Waals surface area contributed by atoms with Crippen molar-refractivity contribution in [2.75, 3.05) is 5.32 Å². The van der Waals surface area contributed by atoms with Crippen LogP contribution < -0.4 is 5.32 Å². The van der Waals surface area contributed by atoms with E-state index < -0.39 is 9.85 Å². The normalized spacial score (nSPS) is 10.2. The molecule has 0 aliphatic heterocycles. The first-order valence-electron chi connectivity index (χ1n) is 5.68. The Labute approximate surface area is 118 Å². The Hall–Kier alpha value is -2.48. The maximum atomic E-state index is 10.9. The molecule has 1 aromatic heterocycles. The van der Waals surface area contributed by atoms with Crippen molar-refractivity contribution in [3.05, 3.63) is 61.0 Å². The van der Waals surface area contributed by atoms with Gasteiger partial charge in [0.15, 0.2) is 0 Å². The number of thiophene rings is 1. The minimum Gasteiger partial charge on any atom is -0.375 e. The van der Waals surface area contributed by atoms with Crippen molar-refractivity contribution >= 4 is 27.7 Å². The van der Waals surface area contributed by atoms with Gasteiger partial charge in [-0.15, -0.1) is 0 Å². The third-order valence-corrected chi connectivity index (χ3v) is 3.58. The second-order valence-electron chi connectivity index (χ2n) is 4.18. The summed E-state index contributed by atoms with van der Waals surface area (Å²) in [6.07, 6.45) is 0. The topological polar surface area (TPSA) is 98.3 Å². The molecule has 0 aliphatic rings. The van der Waals surface area contributed by atoms with Gasteiger partial charge in [-0.05, 0) is 24.1 Å². The third kappa shape index (κ3) is 3.09. The quantitative estimate of drug-likeness (QED) is 0.672. The largest absolute Gasteiger partial charge is 0.375 e. The van der Waals surface area contributed by atoms with Crippen LogP contribution in [0.15, 0.2) is 29.6 Å². The fourth-order valence-corrected chi connectivity index (χ4v) is 2.43. The maximum Gasteiger partial charge on any atom is 0.324 e. The number of anilines is 1. The zero-order chi connectivity index (χ0) is 14.7. The van der Waals surface area contributed by atoms with E-state index in [1.165, 1.54) is 12.1 Å². The number of nitrogens with one attached hydrogen (secondary N) is 1. The van der Waals surface area contributed by atoms with E-state index in [1.54, 1.807) is 17.5 Å². The lowest BCUT2D eigenvalue weighted by atomic mass is 10.2. The van der Waals surface area contributed by atoms with Gasteiger partial charge >= 0.3 is 5.00 Å². The highest BCUT2D eigenvalue weighted by molar-refractivity contribution is 7.13. The molecule has 7 nitrogen and oxygen atoms in total. The summed E-state index contributed by atoms with van der Waals surface area (Å²) < 4.78 is 0. The number of nitrogens with zero attached hydrogens (tertiary/aromatic N) is 2. The predicted molar refractivity (Wildman–Crippen MR) is 76.1 cm³/mol. The smallest absolute Gasteiger partial charge is 0.324 e. The van der Waals surface area contributed by atoms with Crippen LogP contribution in [0.4, 0.5) is 16.4 Å². The molecule has 0 saturated heterocycles. The second-order valence-corrected chi connectivity index (χ2v) is 5.07. The predicted octanol–water partition coefficient (Wildman–Crippen LogP) is 3.49. The minimum atomic E-state index is -0.460. The first-order chi connectivity index (χ1) is 9.47. The molecule has 1 N–H and O–H groups in total. The summed E-state index contributed by atoms with van der Waals surface area (Å²) in [5, 5.41) is 26.2. The van der Waals surface area contributed by atoms with Gasteiger partial charge < -0.3 is 5.32 Å². The molecule has 0 amide bonds. The third-order valence-electron chi connectivity index (χ3n) is 2.65. The SMILES string of the molecule is Cc1ccc([N+](=O)[O-])c(NCc2csc([N+](=O)[O-])c2)c1. The Bertz CT molecular complexity index is 668. The Balaban J connectivity index is 2.15. The molecule has 20 heavy (non-hydrogen) atoms. The lowest BCUT2D eigenvalue weighted by Crippen LogP contribution is -2.02. The molecule has 0 saturated carbocycles. The summed E-state index contributed by atoms with van der Waals surface area (Å²) in [4.78, 5) is 20.6. The Morgan fingerprint density at radius 3 is 2.55 bits per heavy atom. The highest BCUT2D eigenvalue weighted by atomic mass is 32.1. The average Bonchev–Trinajstić information content (AvgIpc) is 2.85. The van der Waals surface area contributed by atoms with Crippen molar-refractivity contribution < 1.29 is 9.85 Å². The van der Waals surface area contributed by atoms with Crippen molar-refractivity contribution in [2.45, 2.75) is 13.5 Å². The lowest BCUT2D eigenvalue weighted by Gasteiger charge is -2.06. The van der Waals surface area contributed by atoms with Crippen molar-refractivity contribution in [3.63, 3.8) is 0 Å². The van der Waals surface area contributed by atoms with E-state index in [1.807, 2.05) is 6.92 Å². The molecule has 2 rings (SSSR count). The van der Waals surface area contributed by atoms with Crippen LogP contribution in [0.1, 0.15) is 11.1 Å². The highest BCUT2D eigenvalue weighted by Crippen LogP contribution is 2.27. The van der Waals surface area contributed by atoms with Crippen LogP contribution in [0, 0.1) is 27.2 Å². The summed E-state index contributed by atoms with van der Waals surface area (Å²) in [7, 11) is 0. The number of nitro groups is 2. The van der Waals surface area contributed by atoms with Crippen LogP contribution in [0.3, 0.4) is 0 Å². The summed E-state index contributed by atoms with van der Waals surface area (Å²) in [5.74, 6) is 0. The first-order valence-corrected chi connectivity index (χ1v) is 6.56. The minimum absolute atomic E-state index is 0.0136. The van der Waals surface area contributed by atoms with E-state index in [-0.39, 0.29) is 10.7 Å². The van der Waals surface area contributed by atoms with Crippen molar-refractivity contribution in [3.8, 4) is 0 Å². The van der Waals surface area contributed by atoms with Crippen LogP contribution in [0.5, 0.6) is 0 Å². The van der Waals surface area contributed by atoms with E-state index in [0.29, 0.717) is 12.2 Å². The first kappa shape index (κ1) is 13.9. The van der Waals surface area contributed by atoms with E-state index in [9.17, 15) is 20.2 Å². The number of aryl methyl sites for hydroxylation is 1. The van der Waals surface area contributed by atoms with Gasteiger partial charge in [-0.3, -0.25) is 20.2 Å². The van der Waals surface area contributed by atoms with Crippen molar-refractivity contribution in [1.82, 2.24) is 0 Å². The summed E-state index contributed by atoms with van der Waals surface area (Å²) in [6.45, 7) is 2.14. The molecule has 0 bridgehead atoms.